The summed E-state index contributed by atoms with van der Waals surface area (Å²) in [6.07, 6.45) is 41.1. The van der Waals surface area contributed by atoms with E-state index in [9.17, 15) is 19.3 Å². The molecule has 51 heavy (non-hydrogen) atoms. The number of aliphatic hydroxyl groups excluding tert-OH is 1. The molecule has 0 rings (SSSR count). The van der Waals surface area contributed by atoms with Crippen LogP contribution in [0.2, 0.25) is 0 Å². The first-order valence-electron chi connectivity index (χ1n) is 19.7. The largest absolute Gasteiger partial charge is 0.469 e. The second-order valence-electron chi connectivity index (χ2n) is 13.1. The predicted molar refractivity (Wildman–Crippen MR) is 208 cm³/mol. The van der Waals surface area contributed by atoms with E-state index in [0.717, 1.165) is 51.4 Å². The van der Waals surface area contributed by atoms with E-state index in [1.165, 1.54) is 57.8 Å². The quantitative estimate of drug-likeness (QED) is 0.0190. The van der Waals surface area contributed by atoms with Crippen LogP contribution in [0.5, 0.6) is 0 Å². The Kier molecular flexibility index (Phi) is 34.5. The molecule has 0 radical (unpaired) electrons. The molecule has 0 aromatic rings. The fourth-order valence-corrected chi connectivity index (χ4v) is 5.45. The monoisotopic (exact) mass is 738 g/mol. The van der Waals surface area contributed by atoms with Gasteiger partial charge < -0.3 is 24.4 Å². The maximum atomic E-state index is 12.4. The van der Waals surface area contributed by atoms with Crippen molar-refractivity contribution < 1.29 is 43.0 Å². The van der Waals surface area contributed by atoms with Gasteiger partial charge in [-0.1, -0.05) is 139 Å². The first-order chi connectivity index (χ1) is 24.7. The summed E-state index contributed by atoms with van der Waals surface area (Å²) < 4.78 is 26.2. The lowest BCUT2D eigenvalue weighted by Crippen LogP contribution is -2.29. The molecule has 294 valence electrons. The van der Waals surface area contributed by atoms with Crippen LogP contribution in [0.15, 0.2) is 60.8 Å². The summed E-state index contributed by atoms with van der Waals surface area (Å²) in [4.78, 5) is 42.7. The lowest BCUT2D eigenvalue weighted by Gasteiger charge is -2.18. The normalized spacial score (nSPS) is 13.7. The fourth-order valence-electron chi connectivity index (χ4n) is 5.09. The van der Waals surface area contributed by atoms with E-state index < -0.39 is 38.6 Å². The Labute approximate surface area is 309 Å². The molecule has 0 saturated heterocycles. The smallest absolute Gasteiger partial charge is 0.462 e. The van der Waals surface area contributed by atoms with E-state index in [-0.39, 0.29) is 19.4 Å². The Morgan fingerprint density at radius 1 is 0.608 bits per heavy atom. The van der Waals surface area contributed by atoms with Gasteiger partial charge in [0.05, 0.1) is 12.7 Å². The number of carbonyl (C=O) groups excluding carboxylic acids is 2. The Morgan fingerprint density at radius 2 is 1.14 bits per heavy atom. The second-order valence-corrected chi connectivity index (χ2v) is 14.3. The summed E-state index contributed by atoms with van der Waals surface area (Å²) in [6.45, 7) is 3.51. The molecule has 0 fully saturated rings. The van der Waals surface area contributed by atoms with Crippen molar-refractivity contribution in [3.63, 3.8) is 0 Å². The number of phosphoric ester groups is 1. The van der Waals surface area contributed by atoms with Crippen LogP contribution in [-0.2, 0) is 28.2 Å². The van der Waals surface area contributed by atoms with Gasteiger partial charge in [-0.2, -0.15) is 0 Å². The summed E-state index contributed by atoms with van der Waals surface area (Å²) in [5, 5.41) is 9.98. The van der Waals surface area contributed by atoms with Gasteiger partial charge in [0.2, 0.25) is 0 Å². The first kappa shape index (κ1) is 48.7. The van der Waals surface area contributed by atoms with Crippen LogP contribution < -0.4 is 0 Å². The molecule has 0 aliphatic heterocycles. The molecule has 2 atom stereocenters. The number of rotatable bonds is 35. The SMILES string of the molecule is CCCCC/C=C\C[C@@H](O)/C=C/C=C\C/C=C\CCCC(=O)OC[C@H](COP(=O)(O)O)OC(=O)CCCCCCC/C=C\CCCCCCCC. The van der Waals surface area contributed by atoms with Crippen molar-refractivity contribution in [2.75, 3.05) is 13.2 Å². The molecule has 10 heteroatoms. The highest BCUT2D eigenvalue weighted by atomic mass is 31.2. The van der Waals surface area contributed by atoms with Gasteiger partial charge in [-0.15, -0.1) is 0 Å². The van der Waals surface area contributed by atoms with Crippen LogP contribution in [0, 0.1) is 0 Å². The molecule has 0 unspecified atom stereocenters. The number of esters is 2. The highest BCUT2D eigenvalue weighted by molar-refractivity contribution is 7.46. The number of phosphoric acid groups is 1. The van der Waals surface area contributed by atoms with Gasteiger partial charge in [0.15, 0.2) is 6.10 Å². The van der Waals surface area contributed by atoms with Crippen molar-refractivity contribution in [1.82, 2.24) is 0 Å². The van der Waals surface area contributed by atoms with Gasteiger partial charge in [0, 0.05) is 12.8 Å². The molecule has 0 aliphatic carbocycles. The standard InChI is InChI=1S/C41H71O9P/c1-3-5-7-9-11-12-13-14-15-16-17-18-23-27-31-35-41(44)50-39(37-49-51(45,46)47)36-48-40(43)34-30-26-22-20-19-21-25-29-33-38(42)32-28-24-10-8-6-4-2/h14-15,20-22,24-25,28-29,33,38-39,42H,3-13,16-19,23,26-27,30-32,34-37H2,1-2H3,(H2,45,46,47)/b15-14-,22-20-,25-21-,28-24-,33-29+/t38-,39-/m1/s1. The zero-order valence-electron chi connectivity index (χ0n) is 31.8. The Bertz CT molecular complexity index is 1030. The molecule has 3 N–H and O–H groups in total. The maximum absolute atomic E-state index is 12.4. The van der Waals surface area contributed by atoms with Crippen molar-refractivity contribution >= 4 is 19.8 Å². The molecule has 0 heterocycles. The number of aliphatic hydroxyl groups is 1. The fraction of sp³-hybridized carbons (Fsp3) is 0.707. The minimum Gasteiger partial charge on any atom is -0.462 e. The molecule has 0 bridgehead atoms. The van der Waals surface area contributed by atoms with Gasteiger partial charge in [-0.05, 0) is 70.6 Å². The number of hydrogen-bond acceptors (Lipinski definition) is 7. The van der Waals surface area contributed by atoms with E-state index >= 15 is 0 Å². The van der Waals surface area contributed by atoms with Crippen molar-refractivity contribution in [2.45, 2.75) is 174 Å². The van der Waals surface area contributed by atoms with E-state index in [4.69, 9.17) is 19.3 Å². The van der Waals surface area contributed by atoms with Gasteiger partial charge in [0.1, 0.15) is 6.61 Å². The Balaban J connectivity index is 4.14. The second kappa shape index (κ2) is 36.1. The van der Waals surface area contributed by atoms with Crippen molar-refractivity contribution in [2.24, 2.45) is 0 Å². The van der Waals surface area contributed by atoms with Crippen LogP contribution in [0.4, 0.5) is 0 Å². The van der Waals surface area contributed by atoms with E-state index in [2.05, 4.69) is 36.6 Å². The molecule has 0 saturated carbocycles. The van der Waals surface area contributed by atoms with Crippen molar-refractivity contribution in [1.29, 1.82) is 0 Å². The summed E-state index contributed by atoms with van der Waals surface area (Å²) in [7, 11) is -4.78. The minimum atomic E-state index is -4.78. The van der Waals surface area contributed by atoms with Crippen LogP contribution in [0.25, 0.3) is 0 Å². The third-order valence-electron chi connectivity index (χ3n) is 8.09. The van der Waals surface area contributed by atoms with Gasteiger partial charge in [0.25, 0.3) is 0 Å². The summed E-state index contributed by atoms with van der Waals surface area (Å²) in [6, 6.07) is 0. The third-order valence-corrected chi connectivity index (χ3v) is 8.57. The van der Waals surface area contributed by atoms with E-state index in [0.29, 0.717) is 25.7 Å². The summed E-state index contributed by atoms with van der Waals surface area (Å²) >= 11 is 0. The molecule has 0 amide bonds. The van der Waals surface area contributed by atoms with Crippen LogP contribution in [0.1, 0.15) is 162 Å². The van der Waals surface area contributed by atoms with E-state index in [1.54, 1.807) is 6.08 Å². The number of unbranched alkanes of at least 4 members (excludes halogenated alkanes) is 15. The predicted octanol–water partition coefficient (Wildman–Crippen LogP) is 10.7. The van der Waals surface area contributed by atoms with Gasteiger partial charge in [-0.3, -0.25) is 14.1 Å². The Morgan fingerprint density at radius 3 is 1.80 bits per heavy atom. The van der Waals surface area contributed by atoms with Crippen molar-refractivity contribution in [3.8, 4) is 0 Å². The third kappa shape index (κ3) is 38.8. The number of hydrogen-bond donors (Lipinski definition) is 3. The molecule has 0 aromatic carbocycles. The maximum Gasteiger partial charge on any atom is 0.469 e. The van der Waals surface area contributed by atoms with Gasteiger partial charge in [-0.25, -0.2) is 4.57 Å². The first-order valence-corrected chi connectivity index (χ1v) is 21.2. The summed E-state index contributed by atoms with van der Waals surface area (Å²) in [5.74, 6) is -1.00. The average molecular weight is 739 g/mol. The highest BCUT2D eigenvalue weighted by Gasteiger charge is 2.22. The molecular formula is C41H71O9P. The van der Waals surface area contributed by atoms with Crippen molar-refractivity contribution in [3.05, 3.63) is 60.8 Å². The summed E-state index contributed by atoms with van der Waals surface area (Å²) in [5.41, 5.74) is 0. The molecule has 0 aromatic heterocycles. The molecule has 0 spiro atoms. The number of allylic oxidation sites excluding steroid dienone is 8. The molecular weight excluding hydrogens is 667 g/mol. The van der Waals surface area contributed by atoms with Crippen LogP contribution in [-0.4, -0.2) is 52.3 Å². The van der Waals surface area contributed by atoms with E-state index in [1.807, 2.05) is 36.5 Å². The average Bonchev–Trinajstić information content (AvgIpc) is 3.09. The minimum absolute atomic E-state index is 0.156. The number of carbonyl (C=O) groups is 2. The van der Waals surface area contributed by atoms with Crippen LogP contribution in [0.3, 0.4) is 0 Å². The van der Waals surface area contributed by atoms with Crippen LogP contribution >= 0.6 is 7.82 Å². The zero-order chi connectivity index (χ0) is 37.7. The zero-order valence-corrected chi connectivity index (χ0v) is 32.7. The molecule has 9 nitrogen and oxygen atoms in total. The number of ether oxygens (including phenoxy) is 2. The van der Waals surface area contributed by atoms with Gasteiger partial charge >= 0.3 is 19.8 Å². The lowest BCUT2D eigenvalue weighted by atomic mass is 10.1. The highest BCUT2D eigenvalue weighted by Crippen LogP contribution is 2.36. The Hall–Kier alpha value is -2.29. The topological polar surface area (TPSA) is 140 Å². The lowest BCUT2D eigenvalue weighted by molar-refractivity contribution is -0.161. The molecule has 0 aliphatic rings.